The number of hydrogen-bond acceptors (Lipinski definition) is 2. The lowest BCUT2D eigenvalue weighted by Gasteiger charge is -1.96. The van der Waals surface area contributed by atoms with E-state index in [1.807, 2.05) is 13.0 Å². The SMILES string of the molecule is CC/C=C(O)\C=C/c1ccccc1O. The predicted octanol–water partition coefficient (Wildman–Crippen LogP) is 3.26. The number of hydrogen-bond donors (Lipinski definition) is 2. The minimum Gasteiger partial charge on any atom is -0.508 e. The molecule has 1 rings (SSSR count). The average Bonchev–Trinajstić information content (AvgIpc) is 2.17. The van der Waals surface area contributed by atoms with Crippen LogP contribution in [0.1, 0.15) is 18.9 Å². The van der Waals surface area contributed by atoms with Crippen LogP contribution < -0.4 is 0 Å². The van der Waals surface area contributed by atoms with Crippen molar-refractivity contribution in [2.24, 2.45) is 0 Å². The van der Waals surface area contributed by atoms with E-state index in [2.05, 4.69) is 0 Å². The molecule has 0 bridgehead atoms. The minimum absolute atomic E-state index is 0.216. The van der Waals surface area contributed by atoms with Gasteiger partial charge in [-0.2, -0.15) is 0 Å². The molecule has 0 radical (unpaired) electrons. The highest BCUT2D eigenvalue weighted by molar-refractivity contribution is 5.58. The quantitative estimate of drug-likeness (QED) is 0.567. The first-order valence-electron chi connectivity index (χ1n) is 4.59. The van der Waals surface area contributed by atoms with Crippen LogP contribution >= 0.6 is 0 Å². The number of para-hydroxylation sites is 1. The molecular formula is C12H14O2. The summed E-state index contributed by atoms with van der Waals surface area (Å²) in [6, 6.07) is 6.99. The van der Waals surface area contributed by atoms with Crippen LogP contribution in [-0.2, 0) is 0 Å². The minimum atomic E-state index is 0.216. The van der Waals surface area contributed by atoms with Crippen LogP contribution in [0.25, 0.3) is 6.08 Å². The molecule has 0 aromatic heterocycles. The third kappa shape index (κ3) is 2.98. The fourth-order valence-electron chi connectivity index (χ4n) is 1.08. The van der Waals surface area contributed by atoms with Gasteiger partial charge in [0, 0.05) is 5.56 Å². The number of aliphatic hydroxyl groups excluding tert-OH is 1. The molecule has 0 aliphatic carbocycles. The van der Waals surface area contributed by atoms with E-state index in [9.17, 15) is 10.2 Å². The summed E-state index contributed by atoms with van der Waals surface area (Å²) >= 11 is 0. The predicted molar refractivity (Wildman–Crippen MR) is 58.1 cm³/mol. The van der Waals surface area contributed by atoms with E-state index in [1.54, 1.807) is 36.4 Å². The molecule has 74 valence electrons. The Kier molecular flexibility index (Phi) is 3.80. The number of rotatable bonds is 3. The molecule has 1 aromatic rings. The summed E-state index contributed by atoms with van der Waals surface area (Å²) in [5.41, 5.74) is 0.698. The highest BCUT2D eigenvalue weighted by Crippen LogP contribution is 2.17. The lowest BCUT2D eigenvalue weighted by molar-refractivity contribution is 0.430. The molecule has 0 amide bonds. The standard InChI is InChI=1S/C12H14O2/c1-2-5-11(13)9-8-10-6-3-4-7-12(10)14/h3-9,13-14H,2H2,1H3/b9-8-,11-5+. The number of phenolic OH excluding ortho intramolecular Hbond substituents is 1. The molecule has 0 saturated heterocycles. The number of aromatic hydroxyl groups is 1. The second-order valence-corrected chi connectivity index (χ2v) is 2.93. The van der Waals surface area contributed by atoms with Gasteiger partial charge in [-0.15, -0.1) is 0 Å². The number of phenols is 1. The molecule has 0 saturated carbocycles. The second kappa shape index (κ2) is 5.12. The molecule has 0 atom stereocenters. The van der Waals surface area contributed by atoms with Gasteiger partial charge < -0.3 is 10.2 Å². The lowest BCUT2D eigenvalue weighted by Crippen LogP contribution is -1.75. The van der Waals surface area contributed by atoms with Gasteiger partial charge in [0.15, 0.2) is 0 Å². The maximum atomic E-state index is 9.40. The molecule has 0 aliphatic rings. The van der Waals surface area contributed by atoms with E-state index in [0.29, 0.717) is 5.56 Å². The van der Waals surface area contributed by atoms with Crippen molar-refractivity contribution >= 4 is 6.08 Å². The fourth-order valence-corrected chi connectivity index (χ4v) is 1.08. The molecule has 0 fully saturated rings. The Hall–Kier alpha value is -1.70. The first-order chi connectivity index (χ1) is 6.74. The van der Waals surface area contributed by atoms with Gasteiger partial charge in [-0.25, -0.2) is 0 Å². The van der Waals surface area contributed by atoms with Crippen molar-refractivity contribution in [1.29, 1.82) is 0 Å². The zero-order valence-corrected chi connectivity index (χ0v) is 8.14. The molecule has 0 unspecified atom stereocenters. The first-order valence-corrected chi connectivity index (χ1v) is 4.59. The van der Waals surface area contributed by atoms with Crippen LogP contribution in [0.15, 0.2) is 42.2 Å². The number of aliphatic hydroxyl groups is 1. The lowest BCUT2D eigenvalue weighted by atomic mass is 10.2. The molecule has 14 heavy (non-hydrogen) atoms. The molecule has 0 aliphatic heterocycles. The Bertz CT molecular complexity index is 351. The third-order valence-electron chi connectivity index (χ3n) is 1.78. The Labute approximate surface area is 83.8 Å². The van der Waals surface area contributed by atoms with Gasteiger partial charge in [-0.05, 0) is 30.7 Å². The van der Waals surface area contributed by atoms with Crippen LogP contribution in [0.3, 0.4) is 0 Å². The average molecular weight is 190 g/mol. The van der Waals surface area contributed by atoms with Gasteiger partial charge in [0.2, 0.25) is 0 Å². The van der Waals surface area contributed by atoms with Crippen molar-refractivity contribution < 1.29 is 10.2 Å². The summed E-state index contributed by atoms with van der Waals surface area (Å²) in [5.74, 6) is 0.434. The van der Waals surface area contributed by atoms with Crippen LogP contribution in [0, 0.1) is 0 Å². The van der Waals surface area contributed by atoms with Gasteiger partial charge in [0.25, 0.3) is 0 Å². The fraction of sp³-hybridized carbons (Fsp3) is 0.167. The van der Waals surface area contributed by atoms with Crippen LogP contribution in [0.5, 0.6) is 5.75 Å². The molecule has 2 heteroatoms. The van der Waals surface area contributed by atoms with Crippen LogP contribution in [-0.4, -0.2) is 10.2 Å². The summed E-state index contributed by atoms with van der Waals surface area (Å²) in [5, 5.41) is 18.7. The van der Waals surface area contributed by atoms with Crippen molar-refractivity contribution in [1.82, 2.24) is 0 Å². The van der Waals surface area contributed by atoms with E-state index < -0.39 is 0 Å². The maximum Gasteiger partial charge on any atom is 0.122 e. The van der Waals surface area contributed by atoms with Crippen molar-refractivity contribution in [3.8, 4) is 5.75 Å². The highest BCUT2D eigenvalue weighted by atomic mass is 16.3. The van der Waals surface area contributed by atoms with E-state index in [-0.39, 0.29) is 11.5 Å². The zero-order chi connectivity index (χ0) is 10.4. The maximum absolute atomic E-state index is 9.40. The molecule has 2 N–H and O–H groups in total. The van der Waals surface area contributed by atoms with Gasteiger partial charge >= 0.3 is 0 Å². The Balaban J connectivity index is 2.79. The summed E-state index contributed by atoms with van der Waals surface area (Å²) < 4.78 is 0. The van der Waals surface area contributed by atoms with Gasteiger partial charge in [-0.3, -0.25) is 0 Å². The Morgan fingerprint density at radius 3 is 2.71 bits per heavy atom. The van der Waals surface area contributed by atoms with Crippen molar-refractivity contribution in [2.45, 2.75) is 13.3 Å². The van der Waals surface area contributed by atoms with Crippen molar-refractivity contribution in [3.05, 3.63) is 47.7 Å². The molecule has 2 nitrogen and oxygen atoms in total. The van der Waals surface area contributed by atoms with E-state index in [0.717, 1.165) is 6.42 Å². The van der Waals surface area contributed by atoms with Crippen molar-refractivity contribution in [3.63, 3.8) is 0 Å². The highest BCUT2D eigenvalue weighted by Gasteiger charge is 1.93. The number of allylic oxidation sites excluding steroid dienone is 2. The van der Waals surface area contributed by atoms with E-state index in [4.69, 9.17) is 0 Å². The number of benzene rings is 1. The van der Waals surface area contributed by atoms with E-state index >= 15 is 0 Å². The van der Waals surface area contributed by atoms with Crippen LogP contribution in [0.4, 0.5) is 0 Å². The normalized spacial score (nSPS) is 12.2. The molecular weight excluding hydrogens is 176 g/mol. The van der Waals surface area contributed by atoms with Gasteiger partial charge in [-0.1, -0.05) is 25.1 Å². The Morgan fingerprint density at radius 2 is 2.07 bits per heavy atom. The Morgan fingerprint density at radius 1 is 1.36 bits per heavy atom. The second-order valence-electron chi connectivity index (χ2n) is 2.93. The summed E-state index contributed by atoms with van der Waals surface area (Å²) in [7, 11) is 0. The summed E-state index contributed by atoms with van der Waals surface area (Å²) in [6.07, 6.45) is 5.74. The topological polar surface area (TPSA) is 40.5 Å². The molecule has 0 spiro atoms. The van der Waals surface area contributed by atoms with Gasteiger partial charge in [0.05, 0.1) is 0 Å². The van der Waals surface area contributed by atoms with Gasteiger partial charge in [0.1, 0.15) is 11.5 Å². The van der Waals surface area contributed by atoms with E-state index in [1.165, 1.54) is 0 Å². The summed E-state index contributed by atoms with van der Waals surface area (Å²) in [4.78, 5) is 0. The molecule has 0 heterocycles. The van der Waals surface area contributed by atoms with Crippen LogP contribution in [0.2, 0.25) is 0 Å². The summed E-state index contributed by atoms with van der Waals surface area (Å²) in [6.45, 7) is 1.95. The first kappa shape index (κ1) is 10.4. The van der Waals surface area contributed by atoms with Crippen molar-refractivity contribution in [2.75, 3.05) is 0 Å². The molecule has 1 aromatic carbocycles. The largest absolute Gasteiger partial charge is 0.508 e. The third-order valence-corrected chi connectivity index (χ3v) is 1.78. The zero-order valence-electron chi connectivity index (χ0n) is 8.14. The smallest absolute Gasteiger partial charge is 0.122 e. The monoisotopic (exact) mass is 190 g/mol.